The third-order valence-corrected chi connectivity index (χ3v) is 7.08. The largest absolute Gasteiger partial charge is 0.497 e. The maximum Gasteiger partial charge on any atom is 0.340 e. The Labute approximate surface area is 199 Å². The molecule has 1 N–H and O–H groups in total. The molecule has 4 aromatic rings. The Morgan fingerprint density at radius 2 is 1.74 bits per heavy atom. The van der Waals surface area contributed by atoms with Gasteiger partial charge in [0.1, 0.15) is 23.2 Å². The molecule has 0 atom stereocenters. The number of rotatable bonds is 8. The SMILES string of the molecule is COc1ccc(S(=O)(=O)Nc2ccccc2C(=O)OCc2csc(-c3ccc(F)cc3)n2)cc1. The molecule has 1 aromatic heterocycles. The van der Waals surface area contributed by atoms with Gasteiger partial charge in [-0.25, -0.2) is 22.6 Å². The van der Waals surface area contributed by atoms with E-state index in [9.17, 15) is 17.6 Å². The number of ether oxygens (including phenoxy) is 2. The molecule has 0 saturated carbocycles. The number of thiazole rings is 1. The molecule has 3 aromatic carbocycles. The number of nitrogens with one attached hydrogen (secondary N) is 1. The van der Waals surface area contributed by atoms with Crippen LogP contribution in [0, 0.1) is 5.82 Å². The minimum absolute atomic E-state index is 0.0206. The van der Waals surface area contributed by atoms with Crippen molar-refractivity contribution in [3.63, 3.8) is 0 Å². The maximum absolute atomic E-state index is 13.1. The van der Waals surface area contributed by atoms with Crippen LogP contribution in [0.5, 0.6) is 5.75 Å². The zero-order valence-corrected chi connectivity index (χ0v) is 19.5. The Kier molecular flexibility index (Phi) is 6.90. The summed E-state index contributed by atoms with van der Waals surface area (Å²) in [6.07, 6.45) is 0. The van der Waals surface area contributed by atoms with Crippen molar-refractivity contribution in [2.75, 3.05) is 11.8 Å². The van der Waals surface area contributed by atoms with Crippen molar-refractivity contribution in [3.8, 4) is 16.3 Å². The van der Waals surface area contributed by atoms with Gasteiger partial charge in [0, 0.05) is 10.9 Å². The highest BCUT2D eigenvalue weighted by Crippen LogP contribution is 2.25. The van der Waals surface area contributed by atoms with E-state index in [0.717, 1.165) is 5.56 Å². The highest BCUT2D eigenvalue weighted by atomic mass is 32.2. The Morgan fingerprint density at radius 1 is 1.03 bits per heavy atom. The number of esters is 1. The van der Waals surface area contributed by atoms with Gasteiger partial charge in [-0.2, -0.15) is 0 Å². The van der Waals surface area contributed by atoms with Crippen LogP contribution in [0.15, 0.2) is 83.1 Å². The summed E-state index contributed by atoms with van der Waals surface area (Å²) in [5, 5.41) is 2.41. The molecule has 10 heteroatoms. The van der Waals surface area contributed by atoms with Crippen molar-refractivity contribution >= 4 is 33.0 Å². The second-order valence-corrected chi connectivity index (χ2v) is 9.59. The first-order valence-corrected chi connectivity index (χ1v) is 12.4. The molecule has 1 heterocycles. The van der Waals surface area contributed by atoms with E-state index in [4.69, 9.17) is 9.47 Å². The van der Waals surface area contributed by atoms with E-state index in [0.29, 0.717) is 16.5 Å². The number of methoxy groups -OCH3 is 1. The predicted molar refractivity (Wildman–Crippen MR) is 127 cm³/mol. The number of benzene rings is 3. The molecule has 0 amide bonds. The lowest BCUT2D eigenvalue weighted by Crippen LogP contribution is -2.16. The molecule has 7 nitrogen and oxygen atoms in total. The van der Waals surface area contributed by atoms with E-state index in [1.807, 2.05) is 0 Å². The van der Waals surface area contributed by atoms with Crippen LogP contribution in [0.25, 0.3) is 10.6 Å². The third kappa shape index (κ3) is 5.41. The Morgan fingerprint density at radius 3 is 2.44 bits per heavy atom. The second-order valence-electron chi connectivity index (χ2n) is 7.05. The van der Waals surface area contributed by atoms with Gasteiger partial charge < -0.3 is 9.47 Å². The Balaban J connectivity index is 1.46. The Bertz CT molecular complexity index is 1400. The average molecular weight is 499 g/mol. The lowest BCUT2D eigenvalue weighted by Gasteiger charge is -2.12. The fourth-order valence-electron chi connectivity index (χ4n) is 3.02. The zero-order valence-electron chi connectivity index (χ0n) is 17.9. The second kappa shape index (κ2) is 10.0. The summed E-state index contributed by atoms with van der Waals surface area (Å²) in [5.74, 6) is -0.521. The van der Waals surface area contributed by atoms with E-state index >= 15 is 0 Å². The lowest BCUT2D eigenvalue weighted by atomic mass is 10.2. The van der Waals surface area contributed by atoms with E-state index in [2.05, 4.69) is 9.71 Å². The minimum Gasteiger partial charge on any atom is -0.497 e. The fraction of sp³-hybridized carbons (Fsp3) is 0.0833. The number of aromatic nitrogens is 1. The normalized spacial score (nSPS) is 11.1. The van der Waals surface area contributed by atoms with Gasteiger partial charge in [-0.1, -0.05) is 12.1 Å². The molecule has 4 rings (SSSR count). The highest BCUT2D eigenvalue weighted by molar-refractivity contribution is 7.92. The molecule has 0 aliphatic rings. The molecule has 34 heavy (non-hydrogen) atoms. The number of nitrogens with zero attached hydrogens (tertiary/aromatic N) is 1. The van der Waals surface area contributed by atoms with Gasteiger partial charge in [0.15, 0.2) is 0 Å². The molecule has 174 valence electrons. The van der Waals surface area contributed by atoms with Gasteiger partial charge >= 0.3 is 5.97 Å². The van der Waals surface area contributed by atoms with Crippen LogP contribution in [0.4, 0.5) is 10.1 Å². The molecule has 0 aliphatic heterocycles. The van der Waals surface area contributed by atoms with E-state index in [1.54, 1.807) is 29.6 Å². The molecule has 0 unspecified atom stereocenters. The van der Waals surface area contributed by atoms with Gasteiger partial charge in [-0.05, 0) is 60.7 Å². The van der Waals surface area contributed by atoms with Crippen LogP contribution in [0.1, 0.15) is 16.1 Å². The van der Waals surface area contributed by atoms with Crippen LogP contribution >= 0.6 is 11.3 Å². The van der Waals surface area contributed by atoms with Gasteiger partial charge in [0.25, 0.3) is 10.0 Å². The average Bonchev–Trinajstić information content (AvgIpc) is 3.32. The van der Waals surface area contributed by atoms with Crippen molar-refractivity contribution in [2.24, 2.45) is 0 Å². The highest BCUT2D eigenvalue weighted by Gasteiger charge is 2.20. The van der Waals surface area contributed by atoms with Gasteiger partial charge in [0.2, 0.25) is 0 Å². The molecule has 0 saturated heterocycles. The first-order valence-electron chi connectivity index (χ1n) is 9.99. The van der Waals surface area contributed by atoms with Crippen LogP contribution in [-0.2, 0) is 21.4 Å². The monoisotopic (exact) mass is 498 g/mol. The number of carbonyl (C=O) groups excluding carboxylic acids is 1. The van der Waals surface area contributed by atoms with E-state index < -0.39 is 16.0 Å². The predicted octanol–water partition coefficient (Wildman–Crippen LogP) is 5.12. The number of para-hydroxylation sites is 1. The summed E-state index contributed by atoms with van der Waals surface area (Å²) in [4.78, 5) is 17.1. The summed E-state index contributed by atoms with van der Waals surface area (Å²) >= 11 is 1.34. The maximum atomic E-state index is 13.1. The molecule has 0 spiro atoms. The Hall–Kier alpha value is -3.76. The van der Waals surface area contributed by atoms with Crippen LogP contribution in [0.3, 0.4) is 0 Å². The van der Waals surface area contributed by atoms with Crippen molar-refractivity contribution in [1.29, 1.82) is 0 Å². The number of halogens is 1. The number of carbonyl (C=O) groups is 1. The summed E-state index contributed by atoms with van der Waals surface area (Å²) in [7, 11) is -2.46. The summed E-state index contributed by atoms with van der Waals surface area (Å²) < 4.78 is 51.5. The minimum atomic E-state index is -3.94. The number of hydrogen-bond donors (Lipinski definition) is 1. The van der Waals surface area contributed by atoms with E-state index in [-0.39, 0.29) is 28.6 Å². The van der Waals surface area contributed by atoms with E-state index in [1.165, 1.54) is 67.0 Å². The van der Waals surface area contributed by atoms with Crippen molar-refractivity contribution in [2.45, 2.75) is 11.5 Å². The first-order chi connectivity index (χ1) is 16.4. The van der Waals surface area contributed by atoms with Gasteiger partial charge in [0.05, 0.1) is 29.0 Å². The molecule has 0 radical (unpaired) electrons. The van der Waals surface area contributed by atoms with Crippen molar-refractivity contribution in [3.05, 3.63) is 95.3 Å². The number of hydrogen-bond acceptors (Lipinski definition) is 7. The summed E-state index contributed by atoms with van der Waals surface area (Å²) in [5.41, 5.74) is 1.43. The molecular weight excluding hydrogens is 479 g/mol. The zero-order chi connectivity index (χ0) is 24.1. The molecule has 0 aliphatic carbocycles. The molecule has 0 bridgehead atoms. The van der Waals surface area contributed by atoms with Crippen LogP contribution in [-0.4, -0.2) is 26.5 Å². The third-order valence-electron chi connectivity index (χ3n) is 4.76. The van der Waals surface area contributed by atoms with Gasteiger partial charge in [-0.15, -0.1) is 11.3 Å². The lowest BCUT2D eigenvalue weighted by molar-refractivity contribution is 0.0470. The number of anilines is 1. The summed E-state index contributed by atoms with van der Waals surface area (Å²) in [6.45, 7) is -0.101. The topological polar surface area (TPSA) is 94.6 Å². The molecule has 0 fully saturated rings. The fourth-order valence-corrected chi connectivity index (χ4v) is 4.91. The quantitative estimate of drug-likeness (QED) is 0.339. The van der Waals surface area contributed by atoms with Crippen molar-refractivity contribution < 1.29 is 27.1 Å². The number of sulfonamides is 1. The van der Waals surface area contributed by atoms with Crippen molar-refractivity contribution in [1.82, 2.24) is 4.98 Å². The smallest absolute Gasteiger partial charge is 0.340 e. The van der Waals surface area contributed by atoms with Crippen LogP contribution in [0.2, 0.25) is 0 Å². The summed E-state index contributed by atoms with van der Waals surface area (Å²) in [6, 6.07) is 18.0. The van der Waals surface area contributed by atoms with Gasteiger partial charge in [-0.3, -0.25) is 4.72 Å². The first kappa shape index (κ1) is 23.4. The standard InChI is InChI=1S/C24H19FN2O5S2/c1-31-19-10-12-20(13-11-19)34(29,30)27-22-5-3-2-4-21(22)24(28)32-14-18-15-33-23(26-18)16-6-8-17(25)9-7-16/h2-13,15,27H,14H2,1H3. The molecular formula is C24H19FN2O5S2. The van der Waals surface area contributed by atoms with Crippen LogP contribution < -0.4 is 9.46 Å².